The standard InChI is InChI=1S/C18H18ClN5OS/c1-2-23(12-14-6-4-3-5-7-14)17(25)13-26-18-20-21-22-24(18)16-10-8-15(19)9-11-16/h3-11H,2,12-13H2,1H3. The molecule has 0 radical (unpaired) electrons. The van der Waals surface area contributed by atoms with Gasteiger partial charge in [0.25, 0.3) is 0 Å². The third kappa shape index (κ3) is 4.62. The van der Waals surface area contributed by atoms with Crippen LogP contribution in [0.3, 0.4) is 0 Å². The van der Waals surface area contributed by atoms with E-state index in [-0.39, 0.29) is 11.7 Å². The van der Waals surface area contributed by atoms with Crippen molar-refractivity contribution in [1.82, 2.24) is 25.1 Å². The number of thioether (sulfide) groups is 1. The van der Waals surface area contributed by atoms with E-state index in [4.69, 9.17) is 11.6 Å². The summed E-state index contributed by atoms with van der Waals surface area (Å²) in [6.07, 6.45) is 0. The highest BCUT2D eigenvalue weighted by atomic mass is 35.5. The van der Waals surface area contributed by atoms with Crippen LogP contribution >= 0.6 is 23.4 Å². The number of rotatable bonds is 7. The zero-order valence-corrected chi connectivity index (χ0v) is 15.8. The van der Waals surface area contributed by atoms with E-state index in [1.54, 1.807) is 16.8 Å². The average Bonchev–Trinajstić information content (AvgIpc) is 3.14. The molecule has 1 heterocycles. The summed E-state index contributed by atoms with van der Waals surface area (Å²) >= 11 is 7.23. The summed E-state index contributed by atoms with van der Waals surface area (Å²) in [7, 11) is 0. The van der Waals surface area contributed by atoms with Gasteiger partial charge in [-0.25, -0.2) is 0 Å². The molecule has 2 aromatic carbocycles. The van der Waals surface area contributed by atoms with E-state index in [0.29, 0.717) is 23.3 Å². The Hall–Kier alpha value is -2.38. The van der Waals surface area contributed by atoms with Gasteiger partial charge in [-0.15, -0.1) is 5.10 Å². The van der Waals surface area contributed by atoms with E-state index in [2.05, 4.69) is 15.5 Å². The number of tetrazole rings is 1. The summed E-state index contributed by atoms with van der Waals surface area (Å²) in [4.78, 5) is 14.4. The van der Waals surface area contributed by atoms with E-state index >= 15 is 0 Å². The van der Waals surface area contributed by atoms with Crippen molar-refractivity contribution < 1.29 is 4.79 Å². The first-order chi connectivity index (χ1) is 12.7. The topological polar surface area (TPSA) is 63.9 Å². The van der Waals surface area contributed by atoms with Crippen molar-refractivity contribution in [2.24, 2.45) is 0 Å². The minimum atomic E-state index is 0.0482. The van der Waals surface area contributed by atoms with Crippen molar-refractivity contribution in [2.75, 3.05) is 12.3 Å². The third-order valence-electron chi connectivity index (χ3n) is 3.79. The van der Waals surface area contributed by atoms with Crippen LogP contribution in [0.5, 0.6) is 0 Å². The molecule has 3 rings (SSSR count). The molecule has 0 N–H and O–H groups in total. The lowest BCUT2D eigenvalue weighted by Gasteiger charge is -2.20. The fraction of sp³-hybridized carbons (Fsp3) is 0.222. The molecule has 26 heavy (non-hydrogen) atoms. The summed E-state index contributed by atoms with van der Waals surface area (Å²) in [6, 6.07) is 17.2. The molecule has 0 aliphatic heterocycles. The Balaban J connectivity index is 1.64. The number of carbonyl (C=O) groups excluding carboxylic acids is 1. The van der Waals surface area contributed by atoms with Gasteiger partial charge >= 0.3 is 0 Å². The number of hydrogen-bond acceptors (Lipinski definition) is 5. The lowest BCUT2D eigenvalue weighted by Crippen LogP contribution is -2.31. The Morgan fingerprint density at radius 3 is 2.58 bits per heavy atom. The summed E-state index contributed by atoms with van der Waals surface area (Å²) in [6.45, 7) is 3.22. The lowest BCUT2D eigenvalue weighted by atomic mass is 10.2. The predicted octanol–water partition coefficient (Wildman–Crippen LogP) is 3.46. The van der Waals surface area contributed by atoms with Gasteiger partial charge in [-0.05, 0) is 47.2 Å². The lowest BCUT2D eigenvalue weighted by molar-refractivity contribution is -0.128. The quantitative estimate of drug-likeness (QED) is 0.581. The number of nitrogens with zero attached hydrogens (tertiary/aromatic N) is 5. The molecule has 0 atom stereocenters. The second-order valence-corrected chi connectivity index (χ2v) is 6.91. The molecule has 1 aromatic heterocycles. The summed E-state index contributed by atoms with van der Waals surface area (Å²) in [5, 5.41) is 12.9. The molecule has 0 bridgehead atoms. The molecule has 0 aliphatic carbocycles. The maximum Gasteiger partial charge on any atom is 0.233 e. The van der Waals surface area contributed by atoms with Crippen LogP contribution < -0.4 is 0 Å². The van der Waals surface area contributed by atoms with Crippen LogP contribution in [-0.4, -0.2) is 43.3 Å². The second-order valence-electron chi connectivity index (χ2n) is 5.53. The van der Waals surface area contributed by atoms with E-state index in [1.807, 2.05) is 54.3 Å². The minimum Gasteiger partial charge on any atom is -0.338 e. The molecule has 134 valence electrons. The monoisotopic (exact) mass is 387 g/mol. The van der Waals surface area contributed by atoms with Gasteiger partial charge in [0.2, 0.25) is 11.1 Å². The van der Waals surface area contributed by atoms with Crippen LogP contribution in [0.15, 0.2) is 59.8 Å². The van der Waals surface area contributed by atoms with Gasteiger partial charge in [0.1, 0.15) is 0 Å². The molecule has 8 heteroatoms. The van der Waals surface area contributed by atoms with Crippen molar-refractivity contribution in [1.29, 1.82) is 0 Å². The van der Waals surface area contributed by atoms with Gasteiger partial charge < -0.3 is 4.90 Å². The first-order valence-corrected chi connectivity index (χ1v) is 9.52. The van der Waals surface area contributed by atoms with Gasteiger partial charge in [-0.2, -0.15) is 4.68 Å². The third-order valence-corrected chi connectivity index (χ3v) is 4.94. The Bertz CT molecular complexity index is 854. The highest BCUT2D eigenvalue weighted by Crippen LogP contribution is 2.20. The predicted molar refractivity (Wildman–Crippen MR) is 102 cm³/mol. The molecule has 6 nitrogen and oxygen atoms in total. The molecule has 0 saturated carbocycles. The highest BCUT2D eigenvalue weighted by Gasteiger charge is 2.16. The number of hydrogen-bond donors (Lipinski definition) is 0. The maximum atomic E-state index is 12.6. The second kappa shape index (κ2) is 8.82. The van der Waals surface area contributed by atoms with E-state index in [0.717, 1.165) is 11.3 Å². The molecule has 0 unspecified atom stereocenters. The van der Waals surface area contributed by atoms with Crippen molar-refractivity contribution >= 4 is 29.3 Å². The van der Waals surface area contributed by atoms with Gasteiger partial charge in [0.15, 0.2) is 0 Å². The molecular formula is C18H18ClN5OS. The normalized spacial score (nSPS) is 10.7. The van der Waals surface area contributed by atoms with Gasteiger partial charge in [-0.3, -0.25) is 4.79 Å². The smallest absolute Gasteiger partial charge is 0.233 e. The zero-order valence-electron chi connectivity index (χ0n) is 14.2. The minimum absolute atomic E-state index is 0.0482. The van der Waals surface area contributed by atoms with Crippen LogP contribution in [-0.2, 0) is 11.3 Å². The van der Waals surface area contributed by atoms with Crippen molar-refractivity contribution in [2.45, 2.75) is 18.6 Å². The van der Waals surface area contributed by atoms with Crippen LogP contribution in [0.2, 0.25) is 5.02 Å². The first-order valence-electron chi connectivity index (χ1n) is 8.16. The Morgan fingerprint density at radius 1 is 1.15 bits per heavy atom. The van der Waals surface area contributed by atoms with Crippen molar-refractivity contribution in [3.63, 3.8) is 0 Å². The fourth-order valence-electron chi connectivity index (χ4n) is 2.41. The molecular weight excluding hydrogens is 370 g/mol. The van der Waals surface area contributed by atoms with Gasteiger partial charge in [0, 0.05) is 18.1 Å². The van der Waals surface area contributed by atoms with Crippen molar-refractivity contribution in [3.8, 4) is 5.69 Å². The Kier molecular flexibility index (Phi) is 6.25. The Morgan fingerprint density at radius 2 is 1.88 bits per heavy atom. The fourth-order valence-corrected chi connectivity index (χ4v) is 3.33. The number of benzene rings is 2. The zero-order chi connectivity index (χ0) is 18.4. The molecule has 0 aliphatic rings. The number of halogens is 1. The molecule has 3 aromatic rings. The van der Waals surface area contributed by atoms with Gasteiger partial charge in [0.05, 0.1) is 11.4 Å². The average molecular weight is 388 g/mol. The highest BCUT2D eigenvalue weighted by molar-refractivity contribution is 7.99. The van der Waals surface area contributed by atoms with Crippen LogP contribution in [0, 0.1) is 0 Å². The Labute approximate surface area is 161 Å². The van der Waals surface area contributed by atoms with Crippen molar-refractivity contribution in [3.05, 3.63) is 65.2 Å². The van der Waals surface area contributed by atoms with Crippen LogP contribution in [0.25, 0.3) is 5.69 Å². The molecule has 0 spiro atoms. The van der Waals surface area contributed by atoms with Crippen LogP contribution in [0.4, 0.5) is 0 Å². The van der Waals surface area contributed by atoms with E-state index in [9.17, 15) is 4.79 Å². The number of carbonyl (C=O) groups is 1. The molecule has 1 amide bonds. The summed E-state index contributed by atoms with van der Waals surface area (Å²) in [5.41, 5.74) is 1.91. The molecule has 0 fully saturated rings. The van der Waals surface area contributed by atoms with Crippen LogP contribution in [0.1, 0.15) is 12.5 Å². The number of aromatic nitrogens is 4. The SMILES string of the molecule is CCN(Cc1ccccc1)C(=O)CSc1nnnn1-c1ccc(Cl)cc1. The maximum absolute atomic E-state index is 12.6. The summed E-state index contributed by atoms with van der Waals surface area (Å²) < 4.78 is 1.60. The van der Waals surface area contributed by atoms with E-state index in [1.165, 1.54) is 11.8 Å². The van der Waals surface area contributed by atoms with Gasteiger partial charge in [-0.1, -0.05) is 53.7 Å². The van der Waals surface area contributed by atoms with E-state index < -0.39 is 0 Å². The number of amides is 1. The molecule has 0 saturated heterocycles. The summed E-state index contributed by atoms with van der Waals surface area (Å²) in [5.74, 6) is 0.321. The largest absolute Gasteiger partial charge is 0.338 e. The first kappa shape index (κ1) is 18.4.